The molecule has 1 heterocycles. The molecule has 2 nitrogen and oxygen atoms in total. The van der Waals surface area contributed by atoms with Crippen LogP contribution in [0.3, 0.4) is 0 Å². The van der Waals surface area contributed by atoms with E-state index < -0.39 is 6.04 Å². The second-order valence-corrected chi connectivity index (χ2v) is 4.73. The number of halogens is 2. The average Bonchev–Trinajstić information content (AvgIpc) is 2.75. The third-order valence-corrected chi connectivity index (χ3v) is 3.46. The Morgan fingerprint density at radius 3 is 2.60 bits per heavy atom. The molecule has 0 radical (unpaired) electrons. The molecule has 20 heavy (non-hydrogen) atoms. The first kappa shape index (κ1) is 12.8. The molecule has 0 saturated carbocycles. The first-order valence-electron chi connectivity index (χ1n) is 6.26. The molecule has 0 saturated heterocycles. The Morgan fingerprint density at radius 2 is 1.85 bits per heavy atom. The number of hydrogen-bond acceptors (Lipinski definition) is 2. The lowest BCUT2D eigenvalue weighted by Crippen LogP contribution is -2.13. The number of hydrogen-bond donors (Lipinski definition) is 1. The zero-order chi connectivity index (χ0) is 14.3. The fraction of sp³-hybridized carbons (Fsp3) is 0.125. The van der Waals surface area contributed by atoms with E-state index in [9.17, 15) is 8.78 Å². The van der Waals surface area contributed by atoms with Gasteiger partial charge in [-0.05, 0) is 25.1 Å². The van der Waals surface area contributed by atoms with Crippen molar-refractivity contribution in [1.82, 2.24) is 0 Å². The maximum Gasteiger partial charge on any atom is 0.137 e. The summed E-state index contributed by atoms with van der Waals surface area (Å²) >= 11 is 0. The summed E-state index contributed by atoms with van der Waals surface area (Å²) in [6.45, 7) is 1.83. The summed E-state index contributed by atoms with van der Waals surface area (Å²) in [6.07, 6.45) is 0. The molecular weight excluding hydrogens is 260 g/mol. The van der Waals surface area contributed by atoms with E-state index in [0.29, 0.717) is 16.9 Å². The van der Waals surface area contributed by atoms with Crippen LogP contribution >= 0.6 is 0 Å². The SMILES string of the molecule is Cc1c(C(N)c2ccccc2F)oc2cc(F)ccc12. The highest BCUT2D eigenvalue weighted by Gasteiger charge is 2.21. The predicted molar refractivity (Wildman–Crippen MR) is 73.3 cm³/mol. The van der Waals surface area contributed by atoms with E-state index in [1.807, 2.05) is 6.92 Å². The van der Waals surface area contributed by atoms with Crippen LogP contribution in [0.25, 0.3) is 11.0 Å². The summed E-state index contributed by atoms with van der Waals surface area (Å²) in [6, 6.07) is 9.89. The molecule has 4 heteroatoms. The number of benzene rings is 2. The Balaban J connectivity index is 2.15. The monoisotopic (exact) mass is 273 g/mol. The third kappa shape index (κ3) is 1.98. The molecule has 0 aliphatic rings. The van der Waals surface area contributed by atoms with Crippen LogP contribution in [0.1, 0.15) is 22.9 Å². The van der Waals surface area contributed by atoms with Crippen LogP contribution < -0.4 is 5.73 Å². The van der Waals surface area contributed by atoms with E-state index in [4.69, 9.17) is 10.2 Å². The van der Waals surface area contributed by atoms with Gasteiger partial charge in [-0.1, -0.05) is 18.2 Å². The van der Waals surface area contributed by atoms with Gasteiger partial charge in [-0.15, -0.1) is 0 Å². The van der Waals surface area contributed by atoms with Gasteiger partial charge in [0.05, 0.1) is 6.04 Å². The van der Waals surface area contributed by atoms with Gasteiger partial charge in [0.2, 0.25) is 0 Å². The number of aryl methyl sites for hydroxylation is 1. The van der Waals surface area contributed by atoms with Crippen LogP contribution in [-0.2, 0) is 0 Å². The second-order valence-electron chi connectivity index (χ2n) is 4.73. The van der Waals surface area contributed by atoms with Gasteiger partial charge in [0.15, 0.2) is 0 Å². The lowest BCUT2D eigenvalue weighted by Gasteiger charge is -2.11. The molecule has 2 N–H and O–H groups in total. The Bertz CT molecular complexity index is 779. The van der Waals surface area contributed by atoms with Gasteiger partial charge in [-0.25, -0.2) is 8.78 Å². The van der Waals surface area contributed by atoms with E-state index in [2.05, 4.69) is 0 Å². The number of rotatable bonds is 2. The van der Waals surface area contributed by atoms with Crippen LogP contribution in [0.4, 0.5) is 8.78 Å². The van der Waals surface area contributed by atoms with E-state index in [1.165, 1.54) is 18.2 Å². The second kappa shape index (κ2) is 4.72. The Kier molecular flexibility index (Phi) is 3.03. The molecule has 0 fully saturated rings. The molecule has 2 aromatic carbocycles. The standard InChI is InChI=1S/C16H13F2NO/c1-9-11-7-6-10(17)8-14(11)20-16(9)15(19)12-4-2-3-5-13(12)18/h2-8,15H,19H2,1H3. The maximum absolute atomic E-state index is 13.8. The van der Waals surface area contributed by atoms with Crippen LogP contribution in [-0.4, -0.2) is 0 Å². The molecule has 3 aromatic rings. The third-order valence-electron chi connectivity index (χ3n) is 3.46. The van der Waals surface area contributed by atoms with Crippen molar-refractivity contribution in [1.29, 1.82) is 0 Å². The zero-order valence-corrected chi connectivity index (χ0v) is 10.9. The van der Waals surface area contributed by atoms with Crippen molar-refractivity contribution < 1.29 is 13.2 Å². The quantitative estimate of drug-likeness (QED) is 0.764. The summed E-state index contributed by atoms with van der Waals surface area (Å²) in [5.74, 6) is -0.306. The van der Waals surface area contributed by atoms with E-state index >= 15 is 0 Å². The smallest absolute Gasteiger partial charge is 0.137 e. The minimum atomic E-state index is -0.716. The van der Waals surface area contributed by atoms with Crippen LogP contribution in [0.2, 0.25) is 0 Å². The van der Waals surface area contributed by atoms with Gasteiger partial charge >= 0.3 is 0 Å². The molecular formula is C16H13F2NO. The number of nitrogens with two attached hydrogens (primary N) is 1. The van der Waals surface area contributed by atoms with Crippen molar-refractivity contribution in [3.63, 3.8) is 0 Å². The van der Waals surface area contributed by atoms with E-state index in [1.54, 1.807) is 24.3 Å². The lowest BCUT2D eigenvalue weighted by atomic mass is 10.0. The highest BCUT2D eigenvalue weighted by molar-refractivity contribution is 5.82. The van der Waals surface area contributed by atoms with Gasteiger partial charge in [-0.2, -0.15) is 0 Å². The maximum atomic E-state index is 13.8. The fourth-order valence-corrected chi connectivity index (χ4v) is 2.38. The van der Waals surface area contributed by atoms with Crippen molar-refractivity contribution in [3.05, 3.63) is 71.0 Å². The summed E-state index contributed by atoms with van der Waals surface area (Å²) in [4.78, 5) is 0. The first-order chi connectivity index (χ1) is 9.58. The zero-order valence-electron chi connectivity index (χ0n) is 10.9. The first-order valence-corrected chi connectivity index (χ1v) is 6.26. The van der Waals surface area contributed by atoms with Crippen LogP contribution in [0.5, 0.6) is 0 Å². The highest BCUT2D eigenvalue weighted by Crippen LogP contribution is 2.32. The molecule has 3 rings (SSSR count). The van der Waals surface area contributed by atoms with Gasteiger partial charge in [-0.3, -0.25) is 0 Å². The van der Waals surface area contributed by atoms with Crippen molar-refractivity contribution >= 4 is 11.0 Å². The summed E-state index contributed by atoms with van der Waals surface area (Å²) < 4.78 is 32.6. The normalized spacial score (nSPS) is 12.8. The molecule has 0 bridgehead atoms. The number of fused-ring (bicyclic) bond motifs is 1. The molecule has 1 aromatic heterocycles. The van der Waals surface area contributed by atoms with E-state index in [-0.39, 0.29) is 11.6 Å². The van der Waals surface area contributed by atoms with Crippen molar-refractivity contribution in [2.45, 2.75) is 13.0 Å². The summed E-state index contributed by atoms with van der Waals surface area (Å²) in [5, 5.41) is 0.785. The Hall–Kier alpha value is -2.20. The lowest BCUT2D eigenvalue weighted by molar-refractivity contribution is 0.505. The molecule has 0 spiro atoms. The Labute approximate surface area is 114 Å². The average molecular weight is 273 g/mol. The van der Waals surface area contributed by atoms with Gasteiger partial charge in [0.25, 0.3) is 0 Å². The largest absolute Gasteiger partial charge is 0.459 e. The fourth-order valence-electron chi connectivity index (χ4n) is 2.38. The molecule has 1 atom stereocenters. The molecule has 0 aliphatic carbocycles. The van der Waals surface area contributed by atoms with Crippen molar-refractivity contribution in [2.24, 2.45) is 5.73 Å². The molecule has 1 unspecified atom stereocenters. The highest BCUT2D eigenvalue weighted by atomic mass is 19.1. The molecule has 0 aliphatic heterocycles. The van der Waals surface area contributed by atoms with Gasteiger partial charge < -0.3 is 10.2 Å². The Morgan fingerprint density at radius 1 is 1.10 bits per heavy atom. The predicted octanol–water partition coefficient (Wildman–Crippen LogP) is 4.07. The molecule has 102 valence electrons. The minimum Gasteiger partial charge on any atom is -0.459 e. The van der Waals surface area contributed by atoms with Crippen molar-refractivity contribution in [3.8, 4) is 0 Å². The van der Waals surface area contributed by atoms with Gasteiger partial charge in [0, 0.05) is 22.6 Å². The topological polar surface area (TPSA) is 39.2 Å². The number of furan rings is 1. The minimum absolute atomic E-state index is 0.357. The summed E-state index contributed by atoms with van der Waals surface area (Å²) in [5.41, 5.74) is 7.67. The van der Waals surface area contributed by atoms with Crippen LogP contribution in [0, 0.1) is 18.6 Å². The molecule has 0 amide bonds. The van der Waals surface area contributed by atoms with E-state index in [0.717, 1.165) is 10.9 Å². The summed E-state index contributed by atoms with van der Waals surface area (Å²) in [7, 11) is 0. The van der Waals surface area contributed by atoms with Crippen molar-refractivity contribution in [2.75, 3.05) is 0 Å². The van der Waals surface area contributed by atoms with Crippen LogP contribution in [0.15, 0.2) is 46.9 Å². The van der Waals surface area contributed by atoms with Gasteiger partial charge in [0.1, 0.15) is 23.0 Å².